The van der Waals surface area contributed by atoms with Crippen LogP contribution in [0.2, 0.25) is 0 Å². The maximum atomic E-state index is 14.0. The molecule has 2 heterocycles. The zero-order valence-corrected chi connectivity index (χ0v) is 15.6. The van der Waals surface area contributed by atoms with Crippen LogP contribution in [0, 0.1) is 18.7 Å². The summed E-state index contributed by atoms with van der Waals surface area (Å²) in [7, 11) is 0. The fraction of sp³-hybridized carbons (Fsp3) is 0.500. The summed E-state index contributed by atoms with van der Waals surface area (Å²) in [5.41, 5.74) is 2.44. The largest absolute Gasteiger partial charge is 0.363 e. The minimum atomic E-state index is -0.167. The Morgan fingerprint density at radius 2 is 2.04 bits per heavy atom. The van der Waals surface area contributed by atoms with Crippen molar-refractivity contribution in [3.8, 4) is 0 Å². The SMILES string of the molecule is Cc1c(F)cccc1C1C=CC(C(=O)N2CCCC(C)C2)=CN1C1CC1. The second-order valence-corrected chi connectivity index (χ2v) is 8.02. The Labute approximate surface area is 155 Å². The lowest BCUT2D eigenvalue weighted by molar-refractivity contribution is -0.128. The van der Waals surface area contributed by atoms with E-state index in [9.17, 15) is 9.18 Å². The molecule has 1 aromatic carbocycles. The number of carbonyl (C=O) groups excluding carboxylic acids is 1. The van der Waals surface area contributed by atoms with Crippen LogP contribution in [0.4, 0.5) is 4.39 Å². The third-order valence-electron chi connectivity index (χ3n) is 5.86. The molecule has 0 bridgehead atoms. The minimum Gasteiger partial charge on any atom is -0.363 e. The molecule has 4 rings (SSSR count). The highest BCUT2D eigenvalue weighted by Gasteiger charge is 2.35. The molecule has 3 aliphatic rings. The van der Waals surface area contributed by atoms with E-state index in [1.54, 1.807) is 6.07 Å². The van der Waals surface area contributed by atoms with E-state index in [1.165, 1.54) is 12.5 Å². The molecule has 1 amide bonds. The highest BCUT2D eigenvalue weighted by molar-refractivity contribution is 5.96. The summed E-state index contributed by atoms with van der Waals surface area (Å²) in [6.07, 6.45) is 10.6. The second-order valence-electron chi connectivity index (χ2n) is 8.02. The van der Waals surface area contributed by atoms with E-state index in [-0.39, 0.29) is 17.8 Å². The first kappa shape index (κ1) is 17.3. The van der Waals surface area contributed by atoms with Crippen molar-refractivity contribution in [2.75, 3.05) is 13.1 Å². The second kappa shape index (κ2) is 6.90. The molecule has 4 heteroatoms. The van der Waals surface area contributed by atoms with Gasteiger partial charge in [0.25, 0.3) is 5.91 Å². The van der Waals surface area contributed by atoms with E-state index < -0.39 is 0 Å². The molecule has 2 aliphatic heterocycles. The van der Waals surface area contributed by atoms with Crippen molar-refractivity contribution in [2.45, 2.75) is 51.6 Å². The van der Waals surface area contributed by atoms with Crippen molar-refractivity contribution in [2.24, 2.45) is 5.92 Å². The maximum absolute atomic E-state index is 14.0. The van der Waals surface area contributed by atoms with Crippen molar-refractivity contribution in [3.05, 3.63) is 59.1 Å². The van der Waals surface area contributed by atoms with Crippen LogP contribution in [0.3, 0.4) is 0 Å². The standard InChI is InChI=1S/C22H27FN2O/c1-15-5-4-12-24(13-15)22(26)17-8-11-21(25(14-17)18-9-10-18)19-6-3-7-20(23)16(19)2/h3,6-8,11,14-15,18,21H,4-5,9-10,12-13H2,1-2H3. The Kier molecular flexibility index (Phi) is 4.60. The topological polar surface area (TPSA) is 23.6 Å². The molecule has 0 aromatic heterocycles. The highest BCUT2D eigenvalue weighted by atomic mass is 19.1. The van der Waals surface area contributed by atoms with Crippen LogP contribution in [0.25, 0.3) is 0 Å². The lowest BCUT2D eigenvalue weighted by atomic mass is 9.95. The van der Waals surface area contributed by atoms with E-state index in [1.807, 2.05) is 30.2 Å². The molecule has 2 fully saturated rings. The van der Waals surface area contributed by atoms with E-state index in [2.05, 4.69) is 17.9 Å². The molecule has 2 atom stereocenters. The van der Waals surface area contributed by atoms with Gasteiger partial charge in [-0.2, -0.15) is 0 Å². The molecule has 0 N–H and O–H groups in total. The number of carbonyl (C=O) groups is 1. The van der Waals surface area contributed by atoms with Gasteiger partial charge in [0.1, 0.15) is 5.82 Å². The van der Waals surface area contributed by atoms with E-state index >= 15 is 0 Å². The molecular weight excluding hydrogens is 327 g/mol. The summed E-state index contributed by atoms with van der Waals surface area (Å²) in [4.78, 5) is 17.2. The van der Waals surface area contributed by atoms with Gasteiger partial charge >= 0.3 is 0 Å². The Morgan fingerprint density at radius 1 is 1.23 bits per heavy atom. The van der Waals surface area contributed by atoms with E-state index in [0.717, 1.165) is 43.5 Å². The summed E-state index contributed by atoms with van der Waals surface area (Å²) in [6, 6.07) is 5.74. The van der Waals surface area contributed by atoms with Crippen LogP contribution in [0.15, 0.2) is 42.1 Å². The van der Waals surface area contributed by atoms with Crippen molar-refractivity contribution in [1.82, 2.24) is 9.80 Å². The van der Waals surface area contributed by atoms with Crippen molar-refractivity contribution < 1.29 is 9.18 Å². The predicted octanol–water partition coefficient (Wildman–Crippen LogP) is 4.35. The van der Waals surface area contributed by atoms with Gasteiger partial charge < -0.3 is 9.80 Å². The van der Waals surface area contributed by atoms with Gasteiger partial charge in [0.15, 0.2) is 0 Å². The fourth-order valence-corrected chi connectivity index (χ4v) is 4.18. The van der Waals surface area contributed by atoms with Crippen LogP contribution in [-0.2, 0) is 4.79 Å². The summed E-state index contributed by atoms with van der Waals surface area (Å²) in [5, 5.41) is 0. The van der Waals surface area contributed by atoms with Crippen LogP contribution >= 0.6 is 0 Å². The molecule has 1 saturated carbocycles. The minimum absolute atomic E-state index is 0.00929. The van der Waals surface area contributed by atoms with Crippen molar-refractivity contribution in [3.63, 3.8) is 0 Å². The number of halogens is 1. The Morgan fingerprint density at radius 3 is 2.77 bits per heavy atom. The number of piperidine rings is 1. The number of benzene rings is 1. The Balaban J connectivity index is 1.59. The van der Waals surface area contributed by atoms with Gasteiger partial charge in [-0.15, -0.1) is 0 Å². The third-order valence-corrected chi connectivity index (χ3v) is 5.86. The lowest BCUT2D eigenvalue weighted by Crippen LogP contribution is -2.40. The smallest absolute Gasteiger partial charge is 0.255 e. The first-order valence-electron chi connectivity index (χ1n) is 9.76. The molecule has 3 nitrogen and oxygen atoms in total. The molecular formula is C22H27FN2O. The first-order valence-corrected chi connectivity index (χ1v) is 9.76. The normalized spacial score (nSPS) is 26.0. The van der Waals surface area contributed by atoms with Crippen molar-refractivity contribution in [1.29, 1.82) is 0 Å². The van der Waals surface area contributed by atoms with Gasteiger partial charge in [-0.25, -0.2) is 4.39 Å². The van der Waals surface area contributed by atoms with Gasteiger partial charge in [0.05, 0.1) is 11.6 Å². The summed E-state index contributed by atoms with van der Waals surface area (Å²) in [5.74, 6) is 0.538. The monoisotopic (exact) mass is 354 g/mol. The number of likely N-dealkylation sites (tertiary alicyclic amines) is 1. The van der Waals surface area contributed by atoms with Crippen LogP contribution in [-0.4, -0.2) is 34.8 Å². The molecule has 138 valence electrons. The zero-order valence-electron chi connectivity index (χ0n) is 15.6. The number of rotatable bonds is 3. The lowest BCUT2D eigenvalue weighted by Gasteiger charge is -2.35. The van der Waals surface area contributed by atoms with E-state index in [0.29, 0.717) is 17.5 Å². The van der Waals surface area contributed by atoms with Crippen LogP contribution < -0.4 is 0 Å². The summed E-state index contributed by atoms with van der Waals surface area (Å²) < 4.78 is 14.0. The average Bonchev–Trinajstić information content (AvgIpc) is 3.48. The molecule has 1 saturated heterocycles. The molecule has 0 spiro atoms. The number of hydrogen-bond donors (Lipinski definition) is 0. The Hall–Kier alpha value is -2.10. The van der Waals surface area contributed by atoms with Gasteiger partial charge in [-0.1, -0.05) is 25.1 Å². The quantitative estimate of drug-likeness (QED) is 0.806. The number of hydrogen-bond acceptors (Lipinski definition) is 2. The van der Waals surface area contributed by atoms with Gasteiger partial charge in [-0.05, 0) is 61.8 Å². The number of amides is 1. The average molecular weight is 354 g/mol. The van der Waals surface area contributed by atoms with E-state index in [4.69, 9.17) is 0 Å². The maximum Gasteiger partial charge on any atom is 0.255 e. The summed E-state index contributed by atoms with van der Waals surface area (Å²) >= 11 is 0. The molecule has 1 aromatic rings. The molecule has 2 unspecified atom stereocenters. The molecule has 1 aliphatic carbocycles. The van der Waals surface area contributed by atoms with Crippen molar-refractivity contribution >= 4 is 5.91 Å². The Bertz CT molecular complexity index is 765. The van der Waals surface area contributed by atoms with Gasteiger partial charge in [0, 0.05) is 25.3 Å². The van der Waals surface area contributed by atoms with Crippen LogP contribution in [0.1, 0.15) is 49.8 Å². The third kappa shape index (κ3) is 3.29. The predicted molar refractivity (Wildman–Crippen MR) is 101 cm³/mol. The molecule has 0 radical (unpaired) electrons. The highest BCUT2D eigenvalue weighted by Crippen LogP contribution is 2.39. The summed E-state index contributed by atoms with van der Waals surface area (Å²) in [6.45, 7) is 5.75. The fourth-order valence-electron chi connectivity index (χ4n) is 4.18. The number of nitrogens with zero attached hydrogens (tertiary/aromatic N) is 2. The van der Waals surface area contributed by atoms with Crippen LogP contribution in [0.5, 0.6) is 0 Å². The zero-order chi connectivity index (χ0) is 18.3. The first-order chi connectivity index (χ1) is 12.5. The molecule has 26 heavy (non-hydrogen) atoms. The van der Waals surface area contributed by atoms with Gasteiger partial charge in [0.2, 0.25) is 0 Å². The van der Waals surface area contributed by atoms with Gasteiger partial charge in [-0.3, -0.25) is 4.79 Å².